The fourth-order valence-corrected chi connectivity index (χ4v) is 1.92. The molecular weight excluding hydrogens is 293 g/mol. The van der Waals surface area contributed by atoms with Gasteiger partial charge in [0.15, 0.2) is 6.61 Å². The minimum absolute atomic E-state index is 0.0901. The number of rotatable bonds is 5. The van der Waals surface area contributed by atoms with Gasteiger partial charge in [0.25, 0.3) is 5.91 Å². The zero-order chi connectivity index (χ0) is 15.2. The Hall–Kier alpha value is -2.07. The smallest absolute Gasteiger partial charge is 0.258 e. The minimum atomic E-state index is -0.302. The molecule has 2 aromatic carbocycles. The van der Waals surface area contributed by atoms with Crippen LogP contribution in [0.15, 0.2) is 48.5 Å². The summed E-state index contributed by atoms with van der Waals surface area (Å²) in [5.74, 6) is 0.0223. The summed E-state index contributed by atoms with van der Waals surface area (Å²) in [7, 11) is 0. The summed E-state index contributed by atoms with van der Waals surface area (Å²) in [6.07, 6.45) is 0. The van der Waals surface area contributed by atoms with Crippen molar-refractivity contribution in [1.82, 2.24) is 5.32 Å². The molecule has 0 aliphatic carbocycles. The zero-order valence-electron chi connectivity index (χ0n) is 11.5. The van der Waals surface area contributed by atoms with E-state index in [0.717, 1.165) is 5.56 Å². The van der Waals surface area contributed by atoms with Crippen LogP contribution < -0.4 is 10.1 Å². The Morgan fingerprint density at radius 2 is 1.81 bits per heavy atom. The number of benzene rings is 2. The van der Waals surface area contributed by atoms with E-state index in [-0.39, 0.29) is 24.4 Å². The molecule has 3 nitrogen and oxygen atoms in total. The van der Waals surface area contributed by atoms with Gasteiger partial charge in [-0.3, -0.25) is 4.79 Å². The van der Waals surface area contributed by atoms with Gasteiger partial charge in [0.05, 0.1) is 6.04 Å². The van der Waals surface area contributed by atoms with Crippen molar-refractivity contribution >= 4 is 17.5 Å². The summed E-state index contributed by atoms with van der Waals surface area (Å²) < 4.78 is 18.2. The third kappa shape index (κ3) is 4.76. The van der Waals surface area contributed by atoms with Gasteiger partial charge in [0.2, 0.25) is 0 Å². The van der Waals surface area contributed by atoms with Crippen LogP contribution in [0.4, 0.5) is 4.39 Å². The number of halogens is 2. The number of ether oxygens (including phenoxy) is 1. The first-order chi connectivity index (χ1) is 10.0. The molecule has 1 amide bonds. The third-order valence-corrected chi connectivity index (χ3v) is 3.18. The Balaban J connectivity index is 1.83. The predicted octanol–water partition coefficient (Wildman–Crippen LogP) is 3.74. The standard InChI is InChI=1S/C16H15ClFNO2/c1-11(12-2-6-14(18)7-3-12)19-16(20)10-21-15-8-4-13(17)5-9-15/h2-9,11H,10H2,1H3,(H,19,20). The molecule has 0 aliphatic heterocycles. The maximum Gasteiger partial charge on any atom is 0.258 e. The molecule has 2 rings (SSSR count). The molecule has 1 unspecified atom stereocenters. The van der Waals surface area contributed by atoms with E-state index in [9.17, 15) is 9.18 Å². The second-order valence-electron chi connectivity index (χ2n) is 4.58. The number of hydrogen-bond acceptors (Lipinski definition) is 2. The predicted molar refractivity (Wildman–Crippen MR) is 79.9 cm³/mol. The van der Waals surface area contributed by atoms with Crippen LogP contribution in [0, 0.1) is 5.82 Å². The molecule has 0 radical (unpaired) electrons. The summed E-state index contributed by atoms with van der Waals surface area (Å²) in [6.45, 7) is 1.74. The highest BCUT2D eigenvalue weighted by molar-refractivity contribution is 6.30. The highest BCUT2D eigenvalue weighted by atomic mass is 35.5. The average Bonchev–Trinajstić information content (AvgIpc) is 2.47. The molecule has 110 valence electrons. The molecule has 0 aromatic heterocycles. The fourth-order valence-electron chi connectivity index (χ4n) is 1.80. The minimum Gasteiger partial charge on any atom is -0.484 e. The maximum absolute atomic E-state index is 12.8. The monoisotopic (exact) mass is 307 g/mol. The van der Waals surface area contributed by atoms with E-state index in [4.69, 9.17) is 16.3 Å². The van der Waals surface area contributed by atoms with Crippen molar-refractivity contribution in [1.29, 1.82) is 0 Å². The van der Waals surface area contributed by atoms with Crippen LogP contribution in [0.2, 0.25) is 5.02 Å². The van der Waals surface area contributed by atoms with Gasteiger partial charge in [0, 0.05) is 5.02 Å². The van der Waals surface area contributed by atoms with Crippen molar-refractivity contribution < 1.29 is 13.9 Å². The van der Waals surface area contributed by atoms with E-state index in [0.29, 0.717) is 10.8 Å². The van der Waals surface area contributed by atoms with E-state index in [1.807, 2.05) is 6.92 Å². The lowest BCUT2D eigenvalue weighted by Crippen LogP contribution is -2.31. The number of carbonyl (C=O) groups excluding carboxylic acids is 1. The van der Waals surface area contributed by atoms with Crippen LogP contribution in [0.3, 0.4) is 0 Å². The van der Waals surface area contributed by atoms with Gasteiger partial charge in [-0.2, -0.15) is 0 Å². The highest BCUT2D eigenvalue weighted by Gasteiger charge is 2.10. The van der Waals surface area contributed by atoms with Gasteiger partial charge in [-0.1, -0.05) is 23.7 Å². The molecule has 1 N–H and O–H groups in total. The van der Waals surface area contributed by atoms with Crippen molar-refractivity contribution in [2.75, 3.05) is 6.61 Å². The van der Waals surface area contributed by atoms with Gasteiger partial charge >= 0.3 is 0 Å². The summed E-state index contributed by atoms with van der Waals surface area (Å²) in [5, 5.41) is 3.39. The molecule has 2 aromatic rings. The Morgan fingerprint density at radius 1 is 1.19 bits per heavy atom. The average molecular weight is 308 g/mol. The highest BCUT2D eigenvalue weighted by Crippen LogP contribution is 2.16. The van der Waals surface area contributed by atoms with Crippen LogP contribution in [-0.4, -0.2) is 12.5 Å². The van der Waals surface area contributed by atoms with Crippen molar-refractivity contribution in [2.45, 2.75) is 13.0 Å². The van der Waals surface area contributed by atoms with Gasteiger partial charge in [-0.05, 0) is 48.9 Å². The number of hydrogen-bond donors (Lipinski definition) is 1. The molecule has 1 atom stereocenters. The maximum atomic E-state index is 12.8. The molecule has 0 saturated heterocycles. The number of carbonyl (C=O) groups is 1. The zero-order valence-corrected chi connectivity index (χ0v) is 12.2. The lowest BCUT2D eigenvalue weighted by atomic mass is 10.1. The second-order valence-corrected chi connectivity index (χ2v) is 5.02. The summed E-state index contributed by atoms with van der Waals surface area (Å²) in [4.78, 5) is 11.8. The van der Waals surface area contributed by atoms with E-state index in [1.165, 1.54) is 12.1 Å². The Morgan fingerprint density at radius 3 is 2.43 bits per heavy atom. The van der Waals surface area contributed by atoms with Crippen LogP contribution in [0.5, 0.6) is 5.75 Å². The van der Waals surface area contributed by atoms with Gasteiger partial charge in [-0.25, -0.2) is 4.39 Å². The number of nitrogens with one attached hydrogen (secondary N) is 1. The molecule has 21 heavy (non-hydrogen) atoms. The van der Waals surface area contributed by atoms with Crippen molar-refractivity contribution in [3.05, 3.63) is 64.9 Å². The lowest BCUT2D eigenvalue weighted by molar-refractivity contribution is -0.123. The van der Waals surface area contributed by atoms with Crippen molar-refractivity contribution in [3.63, 3.8) is 0 Å². The van der Waals surface area contributed by atoms with E-state index in [1.54, 1.807) is 36.4 Å². The normalized spacial score (nSPS) is 11.8. The number of amides is 1. The molecular formula is C16H15ClFNO2. The molecule has 5 heteroatoms. The van der Waals surface area contributed by atoms with E-state index >= 15 is 0 Å². The van der Waals surface area contributed by atoms with Crippen LogP contribution in [0.1, 0.15) is 18.5 Å². The largest absolute Gasteiger partial charge is 0.484 e. The first-order valence-corrected chi connectivity index (χ1v) is 6.85. The summed E-state index contributed by atoms with van der Waals surface area (Å²) in [6, 6.07) is 12.6. The van der Waals surface area contributed by atoms with Crippen LogP contribution in [-0.2, 0) is 4.79 Å². The first kappa shape index (κ1) is 15.3. The third-order valence-electron chi connectivity index (χ3n) is 2.93. The summed E-state index contributed by atoms with van der Waals surface area (Å²) >= 11 is 5.76. The molecule has 0 aliphatic rings. The van der Waals surface area contributed by atoms with Crippen LogP contribution in [0.25, 0.3) is 0 Å². The fraction of sp³-hybridized carbons (Fsp3) is 0.188. The molecule has 0 saturated carbocycles. The Kier molecular flexibility index (Phi) is 5.17. The Bertz CT molecular complexity index is 599. The quantitative estimate of drug-likeness (QED) is 0.914. The van der Waals surface area contributed by atoms with E-state index in [2.05, 4.69) is 5.32 Å². The van der Waals surface area contributed by atoms with Crippen molar-refractivity contribution in [3.8, 4) is 5.75 Å². The second kappa shape index (κ2) is 7.09. The van der Waals surface area contributed by atoms with Gasteiger partial charge in [0.1, 0.15) is 11.6 Å². The molecule has 0 spiro atoms. The van der Waals surface area contributed by atoms with Crippen LogP contribution >= 0.6 is 11.6 Å². The topological polar surface area (TPSA) is 38.3 Å². The first-order valence-electron chi connectivity index (χ1n) is 6.48. The Labute approximate surface area is 127 Å². The van der Waals surface area contributed by atoms with Crippen molar-refractivity contribution in [2.24, 2.45) is 0 Å². The lowest BCUT2D eigenvalue weighted by Gasteiger charge is -2.14. The van der Waals surface area contributed by atoms with E-state index < -0.39 is 0 Å². The SMILES string of the molecule is CC(NC(=O)COc1ccc(Cl)cc1)c1ccc(F)cc1. The molecule has 0 fully saturated rings. The summed E-state index contributed by atoms with van der Waals surface area (Å²) in [5.41, 5.74) is 0.830. The van der Waals surface area contributed by atoms with Gasteiger partial charge in [-0.15, -0.1) is 0 Å². The van der Waals surface area contributed by atoms with Gasteiger partial charge < -0.3 is 10.1 Å². The molecule has 0 heterocycles. The molecule has 0 bridgehead atoms.